The van der Waals surface area contributed by atoms with Crippen LogP contribution in [0.2, 0.25) is 0 Å². The number of carbonyl (C=O) groups is 1. The minimum atomic E-state index is -0.105. The maximum Gasteiger partial charge on any atom is 0.287 e. The van der Waals surface area contributed by atoms with Crippen molar-refractivity contribution < 1.29 is 9.21 Å². The van der Waals surface area contributed by atoms with Crippen molar-refractivity contribution in [3.05, 3.63) is 42.2 Å². The smallest absolute Gasteiger partial charge is 0.287 e. The average molecular weight is 353 g/mol. The Morgan fingerprint density at radius 3 is 2.54 bits per heavy atom. The molecule has 1 amide bonds. The van der Waals surface area contributed by atoms with Crippen molar-refractivity contribution in [2.24, 2.45) is 5.92 Å². The molecule has 26 heavy (non-hydrogen) atoms. The number of rotatable bonds is 5. The fourth-order valence-corrected chi connectivity index (χ4v) is 4.34. The standard InChI is InChI=1S/C21H27N3O2/c1-3-22-17-6-4-15(5-7-17)18-8-9-19(26-18)21(25)23-20-14(2)24-12-10-16(20)11-13-24/h4-9,14,16,20,22H,3,10-13H2,1-2H3,(H,23,25)/t14-,20+/m1/s1. The first-order chi connectivity index (χ1) is 12.7. The molecule has 2 bridgehead atoms. The number of anilines is 1. The summed E-state index contributed by atoms with van der Waals surface area (Å²) in [4.78, 5) is 15.2. The highest BCUT2D eigenvalue weighted by Crippen LogP contribution is 2.32. The Labute approximate surface area is 154 Å². The fraction of sp³-hybridized carbons (Fsp3) is 0.476. The van der Waals surface area contributed by atoms with E-state index in [9.17, 15) is 4.79 Å². The monoisotopic (exact) mass is 353 g/mol. The lowest BCUT2D eigenvalue weighted by molar-refractivity contribution is 0.0211. The van der Waals surface area contributed by atoms with Crippen molar-refractivity contribution >= 4 is 11.6 Å². The fourth-order valence-electron chi connectivity index (χ4n) is 4.34. The van der Waals surface area contributed by atoms with E-state index in [4.69, 9.17) is 4.42 Å². The van der Waals surface area contributed by atoms with E-state index in [1.54, 1.807) is 6.07 Å². The maximum atomic E-state index is 12.7. The first-order valence-corrected chi connectivity index (χ1v) is 9.64. The minimum Gasteiger partial charge on any atom is -0.451 e. The van der Waals surface area contributed by atoms with Gasteiger partial charge in [-0.15, -0.1) is 0 Å². The molecular weight excluding hydrogens is 326 g/mol. The zero-order valence-electron chi connectivity index (χ0n) is 15.5. The topological polar surface area (TPSA) is 57.5 Å². The Balaban J connectivity index is 1.45. The van der Waals surface area contributed by atoms with Gasteiger partial charge in [-0.2, -0.15) is 0 Å². The molecule has 3 aliphatic rings. The van der Waals surface area contributed by atoms with E-state index in [0.717, 1.165) is 36.6 Å². The second-order valence-corrected chi connectivity index (χ2v) is 7.38. The number of fused-ring (bicyclic) bond motifs is 3. The summed E-state index contributed by atoms with van der Waals surface area (Å²) in [6, 6.07) is 12.3. The summed E-state index contributed by atoms with van der Waals surface area (Å²) in [6.07, 6.45) is 2.35. The van der Waals surface area contributed by atoms with Gasteiger partial charge < -0.3 is 15.1 Å². The molecule has 138 valence electrons. The number of hydrogen-bond donors (Lipinski definition) is 2. The van der Waals surface area contributed by atoms with Gasteiger partial charge in [0.25, 0.3) is 5.91 Å². The van der Waals surface area contributed by atoms with Crippen molar-refractivity contribution in [2.45, 2.75) is 38.8 Å². The van der Waals surface area contributed by atoms with Crippen LogP contribution in [0.5, 0.6) is 0 Å². The molecule has 0 radical (unpaired) electrons. The van der Waals surface area contributed by atoms with Gasteiger partial charge >= 0.3 is 0 Å². The van der Waals surface area contributed by atoms with Gasteiger partial charge in [-0.05, 0) is 82.1 Å². The summed E-state index contributed by atoms with van der Waals surface area (Å²) in [7, 11) is 0. The summed E-state index contributed by atoms with van der Waals surface area (Å²) >= 11 is 0. The first-order valence-electron chi connectivity index (χ1n) is 9.64. The summed E-state index contributed by atoms with van der Waals surface area (Å²) in [5.41, 5.74) is 2.05. The van der Waals surface area contributed by atoms with Crippen LogP contribution in [0.3, 0.4) is 0 Å². The lowest BCUT2D eigenvalue weighted by Gasteiger charge is -2.49. The molecular formula is C21H27N3O2. The number of nitrogens with one attached hydrogen (secondary N) is 2. The van der Waals surface area contributed by atoms with Crippen LogP contribution >= 0.6 is 0 Å². The molecule has 3 fully saturated rings. The van der Waals surface area contributed by atoms with Crippen LogP contribution in [0, 0.1) is 5.92 Å². The van der Waals surface area contributed by atoms with Gasteiger partial charge in [0.15, 0.2) is 5.76 Å². The molecule has 0 spiro atoms. The van der Waals surface area contributed by atoms with E-state index in [2.05, 4.69) is 29.4 Å². The molecule has 5 nitrogen and oxygen atoms in total. The lowest BCUT2D eigenvalue weighted by atomic mass is 9.79. The van der Waals surface area contributed by atoms with Crippen LogP contribution in [0.25, 0.3) is 11.3 Å². The number of piperidine rings is 3. The molecule has 2 N–H and O–H groups in total. The number of carbonyl (C=O) groups excluding carboxylic acids is 1. The Hall–Kier alpha value is -2.27. The van der Waals surface area contributed by atoms with Crippen molar-refractivity contribution in [1.82, 2.24) is 10.2 Å². The first kappa shape index (κ1) is 17.2. The van der Waals surface area contributed by atoms with Gasteiger partial charge in [0.05, 0.1) is 0 Å². The molecule has 2 atom stereocenters. The zero-order valence-corrected chi connectivity index (χ0v) is 15.5. The van der Waals surface area contributed by atoms with E-state index in [-0.39, 0.29) is 11.9 Å². The molecule has 0 aliphatic carbocycles. The third-order valence-corrected chi connectivity index (χ3v) is 5.86. The van der Waals surface area contributed by atoms with Gasteiger partial charge in [0.2, 0.25) is 0 Å². The van der Waals surface area contributed by atoms with E-state index in [0.29, 0.717) is 17.7 Å². The number of furan rings is 1. The lowest BCUT2D eigenvalue weighted by Crippen LogP contribution is -2.62. The van der Waals surface area contributed by atoms with Crippen LogP contribution in [0.15, 0.2) is 40.8 Å². The van der Waals surface area contributed by atoms with E-state index in [1.807, 2.05) is 30.3 Å². The highest BCUT2D eigenvalue weighted by atomic mass is 16.3. The summed E-state index contributed by atoms with van der Waals surface area (Å²) < 4.78 is 5.84. The third-order valence-electron chi connectivity index (χ3n) is 5.86. The van der Waals surface area contributed by atoms with Crippen molar-refractivity contribution in [2.75, 3.05) is 25.0 Å². The van der Waals surface area contributed by atoms with Crippen LogP contribution in [0.1, 0.15) is 37.2 Å². The largest absolute Gasteiger partial charge is 0.451 e. The molecule has 2 aromatic rings. The Bertz CT molecular complexity index is 758. The summed E-state index contributed by atoms with van der Waals surface area (Å²) in [6.45, 7) is 7.50. The average Bonchev–Trinajstić information content (AvgIpc) is 3.16. The van der Waals surface area contributed by atoms with Gasteiger partial charge in [-0.1, -0.05) is 0 Å². The van der Waals surface area contributed by atoms with Gasteiger partial charge in [-0.3, -0.25) is 9.69 Å². The molecule has 3 aliphatic heterocycles. The SMILES string of the molecule is CCNc1ccc(-c2ccc(C(=O)N[C@@H]3C4CCN(CC4)[C@@H]3C)o2)cc1. The molecule has 1 aromatic carbocycles. The molecule has 5 rings (SSSR count). The third kappa shape index (κ3) is 3.23. The molecule has 0 saturated carbocycles. The predicted octanol–water partition coefficient (Wildman–Crippen LogP) is 3.59. The second-order valence-electron chi connectivity index (χ2n) is 7.38. The predicted molar refractivity (Wildman–Crippen MR) is 103 cm³/mol. The van der Waals surface area contributed by atoms with Gasteiger partial charge in [0.1, 0.15) is 5.76 Å². The number of amides is 1. The molecule has 1 aromatic heterocycles. The number of nitrogens with zero attached hydrogens (tertiary/aromatic N) is 1. The van der Waals surface area contributed by atoms with Gasteiger partial charge in [-0.25, -0.2) is 0 Å². The van der Waals surface area contributed by atoms with Crippen molar-refractivity contribution in [3.8, 4) is 11.3 Å². The highest BCUT2D eigenvalue weighted by Gasteiger charge is 2.40. The Morgan fingerprint density at radius 1 is 1.15 bits per heavy atom. The van der Waals surface area contributed by atoms with E-state index in [1.165, 1.54) is 12.8 Å². The van der Waals surface area contributed by atoms with Crippen LogP contribution in [-0.2, 0) is 0 Å². The van der Waals surface area contributed by atoms with E-state index >= 15 is 0 Å². The molecule has 0 unspecified atom stereocenters. The van der Waals surface area contributed by atoms with Gasteiger partial charge in [0, 0.05) is 29.9 Å². The van der Waals surface area contributed by atoms with Crippen molar-refractivity contribution in [3.63, 3.8) is 0 Å². The minimum absolute atomic E-state index is 0.105. The zero-order chi connectivity index (χ0) is 18.1. The van der Waals surface area contributed by atoms with E-state index < -0.39 is 0 Å². The Kier molecular flexibility index (Phi) is 4.72. The van der Waals surface area contributed by atoms with Crippen LogP contribution in [0.4, 0.5) is 5.69 Å². The number of benzene rings is 1. The second kappa shape index (κ2) is 7.16. The highest BCUT2D eigenvalue weighted by molar-refractivity contribution is 5.92. The van der Waals surface area contributed by atoms with Crippen molar-refractivity contribution in [1.29, 1.82) is 0 Å². The van der Waals surface area contributed by atoms with Crippen LogP contribution in [-0.4, -0.2) is 42.5 Å². The maximum absolute atomic E-state index is 12.7. The Morgan fingerprint density at radius 2 is 1.88 bits per heavy atom. The molecule has 4 heterocycles. The summed E-state index contributed by atoms with van der Waals surface area (Å²) in [5, 5.41) is 6.50. The molecule has 3 saturated heterocycles. The summed E-state index contributed by atoms with van der Waals surface area (Å²) in [5.74, 6) is 1.60. The quantitative estimate of drug-likeness (QED) is 0.862. The van der Waals surface area contributed by atoms with Crippen LogP contribution < -0.4 is 10.6 Å². The molecule has 5 heteroatoms. The normalized spacial score (nSPS) is 27.3. The number of hydrogen-bond acceptors (Lipinski definition) is 4.